The van der Waals surface area contributed by atoms with Crippen LogP contribution >= 0.6 is 0 Å². The van der Waals surface area contributed by atoms with Gasteiger partial charge < -0.3 is 9.84 Å². The van der Waals surface area contributed by atoms with Crippen LogP contribution in [0.25, 0.3) is 11.4 Å². The number of piperidine rings is 1. The number of pyridine rings is 1. The van der Waals surface area contributed by atoms with Crippen LogP contribution < -0.4 is 11.0 Å². The van der Waals surface area contributed by atoms with Crippen LogP contribution in [-0.2, 0) is 13.1 Å². The van der Waals surface area contributed by atoms with Gasteiger partial charge in [0, 0.05) is 37.0 Å². The van der Waals surface area contributed by atoms with Crippen molar-refractivity contribution in [3.8, 4) is 11.4 Å². The molecule has 9 heteroatoms. The van der Waals surface area contributed by atoms with Gasteiger partial charge in [0.05, 0.1) is 0 Å². The first kappa shape index (κ1) is 16.6. The van der Waals surface area contributed by atoms with Gasteiger partial charge in [-0.05, 0) is 38.4 Å². The molecule has 3 aromatic rings. The van der Waals surface area contributed by atoms with E-state index in [1.165, 1.54) is 4.68 Å². The zero-order chi connectivity index (χ0) is 17.9. The summed E-state index contributed by atoms with van der Waals surface area (Å²) < 4.78 is 8.44. The lowest BCUT2D eigenvalue weighted by molar-refractivity contribution is 0.363. The number of nitrogens with zero attached hydrogens (tertiary/aromatic N) is 6. The summed E-state index contributed by atoms with van der Waals surface area (Å²) in [6, 6.07) is 3.66. The molecule has 1 aliphatic rings. The molecule has 1 fully saturated rings. The van der Waals surface area contributed by atoms with Crippen molar-refractivity contribution in [2.24, 2.45) is 0 Å². The molecule has 0 radical (unpaired) electrons. The van der Waals surface area contributed by atoms with Crippen LogP contribution in [-0.4, -0.2) is 42.6 Å². The number of rotatable bonds is 5. The molecule has 0 aliphatic carbocycles. The third kappa shape index (κ3) is 3.17. The van der Waals surface area contributed by atoms with Crippen molar-refractivity contribution in [2.45, 2.75) is 38.8 Å². The van der Waals surface area contributed by atoms with E-state index in [1.807, 2.05) is 19.1 Å². The average molecular weight is 355 g/mol. The van der Waals surface area contributed by atoms with Gasteiger partial charge in [-0.25, -0.2) is 9.48 Å². The van der Waals surface area contributed by atoms with Gasteiger partial charge in [0.15, 0.2) is 0 Å². The van der Waals surface area contributed by atoms with Crippen molar-refractivity contribution in [1.29, 1.82) is 0 Å². The van der Waals surface area contributed by atoms with Gasteiger partial charge in [-0.15, -0.1) is 0 Å². The third-order valence-electron chi connectivity index (χ3n) is 4.60. The molecule has 0 bridgehead atoms. The molecule has 4 heterocycles. The molecule has 3 aromatic heterocycles. The molecule has 0 aromatic carbocycles. The van der Waals surface area contributed by atoms with Crippen molar-refractivity contribution in [3.63, 3.8) is 0 Å². The SMILES string of the molecule is CCn1c([C@H]2CCCNC2)nn(Cc2nc(-c3cccnc3)no2)c1=O. The zero-order valence-electron chi connectivity index (χ0n) is 14.6. The van der Waals surface area contributed by atoms with Gasteiger partial charge >= 0.3 is 5.69 Å². The Morgan fingerprint density at radius 1 is 1.42 bits per heavy atom. The van der Waals surface area contributed by atoms with E-state index < -0.39 is 0 Å². The Kier molecular flexibility index (Phi) is 4.61. The molecule has 0 amide bonds. The highest BCUT2D eigenvalue weighted by molar-refractivity contribution is 5.51. The van der Waals surface area contributed by atoms with E-state index in [-0.39, 0.29) is 18.2 Å². The Morgan fingerprint density at radius 3 is 3.08 bits per heavy atom. The van der Waals surface area contributed by atoms with Crippen LogP contribution in [0, 0.1) is 0 Å². The molecule has 1 N–H and O–H groups in total. The summed E-state index contributed by atoms with van der Waals surface area (Å²) >= 11 is 0. The van der Waals surface area contributed by atoms with Gasteiger partial charge in [0.25, 0.3) is 0 Å². The predicted octanol–water partition coefficient (Wildman–Crippen LogP) is 1.03. The maximum Gasteiger partial charge on any atom is 0.346 e. The molecule has 0 unspecified atom stereocenters. The summed E-state index contributed by atoms with van der Waals surface area (Å²) in [5.41, 5.74) is 0.622. The van der Waals surface area contributed by atoms with Crippen LogP contribution in [0.4, 0.5) is 0 Å². The molecule has 1 saturated heterocycles. The monoisotopic (exact) mass is 355 g/mol. The first-order chi connectivity index (χ1) is 12.8. The van der Waals surface area contributed by atoms with Crippen LogP contribution in [0.3, 0.4) is 0 Å². The first-order valence-electron chi connectivity index (χ1n) is 8.87. The molecule has 26 heavy (non-hydrogen) atoms. The lowest BCUT2D eigenvalue weighted by atomic mass is 9.99. The Morgan fingerprint density at radius 2 is 2.35 bits per heavy atom. The summed E-state index contributed by atoms with van der Waals surface area (Å²) in [6.45, 7) is 4.58. The number of hydrogen-bond acceptors (Lipinski definition) is 7. The molecule has 1 aliphatic heterocycles. The molecule has 1 atom stereocenters. The lowest BCUT2D eigenvalue weighted by Crippen LogP contribution is -2.31. The normalized spacial score (nSPS) is 17.5. The van der Waals surface area contributed by atoms with Gasteiger partial charge in [-0.2, -0.15) is 10.1 Å². The summed E-state index contributed by atoms with van der Waals surface area (Å²) in [6.07, 6.45) is 5.48. The second kappa shape index (κ2) is 7.20. The van der Waals surface area contributed by atoms with Crippen molar-refractivity contribution >= 4 is 0 Å². The topological polar surface area (TPSA) is 104 Å². The second-order valence-electron chi connectivity index (χ2n) is 6.34. The minimum absolute atomic E-state index is 0.144. The van der Waals surface area contributed by atoms with E-state index in [0.717, 1.165) is 37.3 Å². The highest BCUT2D eigenvalue weighted by atomic mass is 16.5. The standard InChI is InChI=1S/C17H21N7O2/c1-2-23-16(13-6-4-8-19-10-13)21-24(17(23)25)11-14-20-15(22-26-14)12-5-3-7-18-9-12/h3,5,7,9,13,19H,2,4,6,8,10-11H2,1H3/t13-/m0/s1. The zero-order valence-corrected chi connectivity index (χ0v) is 14.6. The molecule has 136 valence electrons. The van der Waals surface area contributed by atoms with Crippen molar-refractivity contribution in [3.05, 3.63) is 46.7 Å². The predicted molar refractivity (Wildman–Crippen MR) is 93.6 cm³/mol. The molecule has 0 saturated carbocycles. The van der Waals surface area contributed by atoms with E-state index in [9.17, 15) is 4.79 Å². The van der Waals surface area contributed by atoms with Crippen LogP contribution in [0.1, 0.15) is 37.4 Å². The van der Waals surface area contributed by atoms with Crippen molar-refractivity contribution < 1.29 is 4.52 Å². The lowest BCUT2D eigenvalue weighted by Gasteiger charge is -2.21. The van der Waals surface area contributed by atoms with Gasteiger partial charge in [0.2, 0.25) is 11.7 Å². The summed E-state index contributed by atoms with van der Waals surface area (Å²) in [7, 11) is 0. The van der Waals surface area contributed by atoms with E-state index in [2.05, 4.69) is 25.5 Å². The Labute approximate surface area is 150 Å². The second-order valence-corrected chi connectivity index (χ2v) is 6.34. The first-order valence-corrected chi connectivity index (χ1v) is 8.87. The maximum atomic E-state index is 12.7. The number of nitrogens with one attached hydrogen (secondary N) is 1. The van der Waals surface area contributed by atoms with E-state index in [1.54, 1.807) is 17.0 Å². The van der Waals surface area contributed by atoms with Crippen LogP contribution in [0.5, 0.6) is 0 Å². The number of hydrogen-bond donors (Lipinski definition) is 1. The van der Waals surface area contributed by atoms with Crippen LogP contribution in [0.2, 0.25) is 0 Å². The summed E-state index contributed by atoms with van der Waals surface area (Å²) in [5, 5.41) is 11.9. The quantitative estimate of drug-likeness (QED) is 0.729. The number of aromatic nitrogens is 6. The minimum atomic E-state index is -0.144. The van der Waals surface area contributed by atoms with Crippen LogP contribution in [0.15, 0.2) is 33.8 Å². The molecular formula is C17H21N7O2. The summed E-state index contributed by atoms with van der Waals surface area (Å²) in [4.78, 5) is 21.1. The Balaban J connectivity index is 1.60. The molecule has 9 nitrogen and oxygen atoms in total. The fraction of sp³-hybridized carbons (Fsp3) is 0.471. The minimum Gasteiger partial charge on any atom is -0.337 e. The average Bonchev–Trinajstić information content (AvgIpc) is 3.28. The van der Waals surface area contributed by atoms with Gasteiger partial charge in [-0.3, -0.25) is 9.55 Å². The van der Waals surface area contributed by atoms with Gasteiger partial charge in [-0.1, -0.05) is 5.16 Å². The molecule has 0 spiro atoms. The molecular weight excluding hydrogens is 334 g/mol. The molecule has 4 rings (SSSR count). The van der Waals surface area contributed by atoms with E-state index >= 15 is 0 Å². The highest BCUT2D eigenvalue weighted by Gasteiger charge is 2.24. The fourth-order valence-corrected chi connectivity index (χ4v) is 3.29. The largest absolute Gasteiger partial charge is 0.346 e. The fourth-order valence-electron chi connectivity index (χ4n) is 3.29. The highest BCUT2D eigenvalue weighted by Crippen LogP contribution is 2.21. The summed E-state index contributed by atoms with van der Waals surface area (Å²) in [5.74, 6) is 1.88. The maximum absolute atomic E-state index is 12.7. The van der Waals surface area contributed by atoms with Crippen molar-refractivity contribution in [1.82, 2.24) is 34.8 Å². The van der Waals surface area contributed by atoms with Crippen molar-refractivity contribution in [2.75, 3.05) is 13.1 Å². The smallest absolute Gasteiger partial charge is 0.337 e. The van der Waals surface area contributed by atoms with E-state index in [4.69, 9.17) is 4.52 Å². The third-order valence-corrected chi connectivity index (χ3v) is 4.60. The van der Waals surface area contributed by atoms with Gasteiger partial charge in [0.1, 0.15) is 12.4 Å². The van der Waals surface area contributed by atoms with E-state index in [0.29, 0.717) is 18.3 Å². The Bertz CT molecular complexity index is 922. The Hall–Kier alpha value is -2.81.